The van der Waals surface area contributed by atoms with Crippen molar-refractivity contribution in [2.45, 2.75) is 51.1 Å². The monoisotopic (exact) mass is 279 g/mol. The summed E-state index contributed by atoms with van der Waals surface area (Å²) in [6.45, 7) is 5.04. The standard InChI is InChI=1S/C15H25N3O2/c1-2-17(12-4-5-12)15(20)10-18-13-7-8-16-9-11(13)3-6-14(18)19/h11-13,16H,2-10H2,1H3. The van der Waals surface area contributed by atoms with Gasteiger partial charge < -0.3 is 15.1 Å². The number of hydrogen-bond donors (Lipinski definition) is 1. The molecular weight excluding hydrogens is 254 g/mol. The second-order valence-electron chi connectivity index (χ2n) is 6.29. The molecular formula is C15H25N3O2. The van der Waals surface area contributed by atoms with Crippen LogP contribution in [0.1, 0.15) is 39.0 Å². The van der Waals surface area contributed by atoms with Crippen LogP contribution < -0.4 is 5.32 Å². The predicted octanol–water partition coefficient (Wildman–Crippen LogP) is 0.598. The van der Waals surface area contributed by atoms with E-state index in [1.165, 1.54) is 0 Å². The Hall–Kier alpha value is -1.10. The SMILES string of the molecule is CCN(C(=O)CN1C(=O)CCC2CNCCC21)C1CC1. The quantitative estimate of drug-likeness (QED) is 0.820. The molecule has 0 spiro atoms. The summed E-state index contributed by atoms with van der Waals surface area (Å²) in [6.07, 6.45) is 4.82. The van der Waals surface area contributed by atoms with E-state index in [4.69, 9.17) is 0 Å². The molecule has 1 saturated carbocycles. The molecule has 0 aromatic carbocycles. The Labute approximate surface area is 120 Å². The van der Waals surface area contributed by atoms with E-state index in [-0.39, 0.29) is 17.9 Å². The number of carbonyl (C=O) groups is 2. The van der Waals surface area contributed by atoms with Gasteiger partial charge >= 0.3 is 0 Å². The molecule has 1 aliphatic carbocycles. The van der Waals surface area contributed by atoms with Crippen molar-refractivity contribution in [1.82, 2.24) is 15.1 Å². The number of likely N-dealkylation sites (tertiary alicyclic amines) is 1. The molecule has 0 aromatic rings. The van der Waals surface area contributed by atoms with Crippen LogP contribution in [0.5, 0.6) is 0 Å². The molecule has 2 heterocycles. The molecule has 2 unspecified atom stereocenters. The normalized spacial score (nSPS) is 30.1. The Balaban J connectivity index is 1.66. The van der Waals surface area contributed by atoms with E-state index in [0.29, 0.717) is 24.9 Å². The number of rotatable bonds is 4. The number of piperidine rings is 2. The molecule has 3 rings (SSSR count). The third-order valence-corrected chi connectivity index (χ3v) is 4.97. The van der Waals surface area contributed by atoms with Crippen molar-refractivity contribution in [3.8, 4) is 0 Å². The predicted molar refractivity (Wildman–Crippen MR) is 76.1 cm³/mol. The first kappa shape index (κ1) is 13.9. The zero-order valence-corrected chi connectivity index (χ0v) is 12.3. The van der Waals surface area contributed by atoms with Gasteiger partial charge in [0.1, 0.15) is 6.54 Å². The molecule has 2 atom stereocenters. The molecule has 0 bridgehead atoms. The fourth-order valence-electron chi connectivity index (χ4n) is 3.72. The van der Waals surface area contributed by atoms with Crippen molar-refractivity contribution < 1.29 is 9.59 Å². The highest BCUT2D eigenvalue weighted by atomic mass is 16.2. The summed E-state index contributed by atoms with van der Waals surface area (Å²) in [5.74, 6) is 0.848. The van der Waals surface area contributed by atoms with Gasteiger partial charge in [0.05, 0.1) is 0 Å². The maximum atomic E-state index is 12.5. The first-order chi connectivity index (χ1) is 9.70. The Bertz CT molecular complexity index is 395. The zero-order chi connectivity index (χ0) is 14.1. The van der Waals surface area contributed by atoms with Crippen molar-refractivity contribution >= 4 is 11.8 Å². The largest absolute Gasteiger partial charge is 0.338 e. The van der Waals surface area contributed by atoms with Crippen molar-refractivity contribution in [1.29, 1.82) is 0 Å². The molecule has 2 saturated heterocycles. The molecule has 5 heteroatoms. The molecule has 2 amide bonds. The van der Waals surface area contributed by atoms with Gasteiger partial charge in [0.25, 0.3) is 0 Å². The minimum atomic E-state index is 0.141. The lowest BCUT2D eigenvalue weighted by molar-refractivity contribution is -0.147. The Kier molecular flexibility index (Phi) is 3.96. The second-order valence-corrected chi connectivity index (χ2v) is 6.29. The zero-order valence-electron chi connectivity index (χ0n) is 12.3. The summed E-state index contributed by atoms with van der Waals surface area (Å²) in [7, 11) is 0. The Morgan fingerprint density at radius 1 is 1.35 bits per heavy atom. The molecule has 3 fully saturated rings. The summed E-state index contributed by atoms with van der Waals surface area (Å²) >= 11 is 0. The second kappa shape index (κ2) is 5.72. The lowest BCUT2D eigenvalue weighted by Crippen LogP contribution is -2.57. The van der Waals surface area contributed by atoms with Gasteiger partial charge in [-0.05, 0) is 51.6 Å². The smallest absolute Gasteiger partial charge is 0.242 e. The first-order valence-electron chi connectivity index (χ1n) is 8.00. The molecule has 2 aliphatic heterocycles. The molecule has 3 aliphatic rings. The molecule has 0 aromatic heterocycles. The average Bonchev–Trinajstić information content (AvgIpc) is 3.27. The van der Waals surface area contributed by atoms with Gasteiger partial charge in [0.15, 0.2) is 0 Å². The van der Waals surface area contributed by atoms with E-state index in [2.05, 4.69) is 5.32 Å². The van der Waals surface area contributed by atoms with Crippen LogP contribution in [0.2, 0.25) is 0 Å². The van der Waals surface area contributed by atoms with E-state index in [0.717, 1.165) is 45.3 Å². The van der Waals surface area contributed by atoms with Crippen LogP contribution in [0.4, 0.5) is 0 Å². The first-order valence-corrected chi connectivity index (χ1v) is 8.00. The van der Waals surface area contributed by atoms with Crippen molar-refractivity contribution in [3.05, 3.63) is 0 Å². The third kappa shape index (κ3) is 2.68. The lowest BCUT2D eigenvalue weighted by atomic mass is 9.84. The number of likely N-dealkylation sites (N-methyl/N-ethyl adjacent to an activating group) is 1. The van der Waals surface area contributed by atoms with Gasteiger partial charge in [-0.1, -0.05) is 0 Å². The summed E-state index contributed by atoms with van der Waals surface area (Å²) < 4.78 is 0. The minimum absolute atomic E-state index is 0.141. The van der Waals surface area contributed by atoms with Crippen molar-refractivity contribution in [2.75, 3.05) is 26.2 Å². The fourth-order valence-corrected chi connectivity index (χ4v) is 3.72. The third-order valence-electron chi connectivity index (χ3n) is 4.97. The number of amides is 2. The number of nitrogens with zero attached hydrogens (tertiary/aromatic N) is 2. The van der Waals surface area contributed by atoms with Crippen LogP contribution >= 0.6 is 0 Å². The number of fused-ring (bicyclic) bond motifs is 1. The van der Waals surface area contributed by atoms with Gasteiger partial charge in [-0.25, -0.2) is 0 Å². The number of hydrogen-bond acceptors (Lipinski definition) is 3. The van der Waals surface area contributed by atoms with E-state index < -0.39 is 0 Å². The van der Waals surface area contributed by atoms with Crippen LogP contribution in [0.3, 0.4) is 0 Å². The summed E-state index contributed by atoms with van der Waals surface area (Å²) in [5, 5.41) is 3.40. The highest BCUT2D eigenvalue weighted by Gasteiger charge is 2.39. The van der Waals surface area contributed by atoms with Crippen molar-refractivity contribution in [3.63, 3.8) is 0 Å². The Morgan fingerprint density at radius 3 is 2.85 bits per heavy atom. The maximum Gasteiger partial charge on any atom is 0.242 e. The summed E-state index contributed by atoms with van der Waals surface area (Å²) in [5.41, 5.74) is 0. The fraction of sp³-hybridized carbons (Fsp3) is 0.867. The topological polar surface area (TPSA) is 52.7 Å². The highest BCUT2D eigenvalue weighted by molar-refractivity contribution is 5.86. The highest BCUT2D eigenvalue weighted by Crippen LogP contribution is 2.30. The molecule has 5 nitrogen and oxygen atoms in total. The van der Waals surface area contributed by atoms with Crippen LogP contribution in [-0.4, -0.2) is 59.9 Å². The average molecular weight is 279 g/mol. The summed E-state index contributed by atoms with van der Waals surface area (Å²) in [4.78, 5) is 28.5. The van der Waals surface area contributed by atoms with Crippen LogP contribution in [0, 0.1) is 5.92 Å². The number of nitrogens with one attached hydrogen (secondary N) is 1. The maximum absolute atomic E-state index is 12.5. The summed E-state index contributed by atoms with van der Waals surface area (Å²) in [6, 6.07) is 0.718. The van der Waals surface area contributed by atoms with Crippen LogP contribution in [0.15, 0.2) is 0 Å². The van der Waals surface area contributed by atoms with Gasteiger partial charge in [-0.15, -0.1) is 0 Å². The number of carbonyl (C=O) groups excluding carboxylic acids is 2. The molecule has 20 heavy (non-hydrogen) atoms. The van der Waals surface area contributed by atoms with E-state index >= 15 is 0 Å². The van der Waals surface area contributed by atoms with Gasteiger partial charge in [0.2, 0.25) is 11.8 Å². The van der Waals surface area contributed by atoms with Crippen LogP contribution in [0.25, 0.3) is 0 Å². The van der Waals surface area contributed by atoms with Crippen molar-refractivity contribution in [2.24, 2.45) is 5.92 Å². The minimum Gasteiger partial charge on any atom is -0.338 e. The van der Waals surface area contributed by atoms with Gasteiger partial charge in [-0.2, -0.15) is 0 Å². The molecule has 1 N–H and O–H groups in total. The molecule has 0 radical (unpaired) electrons. The van der Waals surface area contributed by atoms with E-state index in [9.17, 15) is 9.59 Å². The van der Waals surface area contributed by atoms with E-state index in [1.807, 2.05) is 16.7 Å². The van der Waals surface area contributed by atoms with Gasteiger partial charge in [-0.3, -0.25) is 9.59 Å². The van der Waals surface area contributed by atoms with E-state index in [1.54, 1.807) is 0 Å². The lowest BCUT2D eigenvalue weighted by Gasteiger charge is -2.44. The van der Waals surface area contributed by atoms with Crippen LogP contribution in [-0.2, 0) is 9.59 Å². The van der Waals surface area contributed by atoms with Gasteiger partial charge in [0, 0.05) is 25.0 Å². The Morgan fingerprint density at radius 2 is 2.15 bits per heavy atom. The molecule has 112 valence electrons.